The standard InChI is InChI=1S/C20H14F4N6O/c1-30-17-10-25-8-13(14(17)9-27-30)11-2-3-16(15(21)6-11)28-19(31)29-18-7-12(4-5-26-18)20(22,23)24/h2-10H,1H3,(H2,26,28,29,31). The van der Waals surface area contributed by atoms with Crippen LogP contribution in [0.1, 0.15) is 5.56 Å². The number of urea groups is 1. The molecule has 0 fully saturated rings. The van der Waals surface area contributed by atoms with Crippen LogP contribution in [0.15, 0.2) is 55.1 Å². The molecule has 0 aliphatic carbocycles. The molecular weight excluding hydrogens is 416 g/mol. The van der Waals surface area contributed by atoms with Crippen molar-refractivity contribution >= 4 is 28.4 Å². The van der Waals surface area contributed by atoms with E-state index < -0.39 is 23.6 Å². The van der Waals surface area contributed by atoms with Gasteiger partial charge in [-0.25, -0.2) is 14.2 Å². The minimum atomic E-state index is -4.58. The number of halogens is 4. The summed E-state index contributed by atoms with van der Waals surface area (Å²) in [5.41, 5.74) is 0.835. The molecular formula is C20H14F4N6O. The first-order chi connectivity index (χ1) is 14.7. The number of hydrogen-bond acceptors (Lipinski definition) is 4. The predicted molar refractivity (Wildman–Crippen MR) is 106 cm³/mol. The molecule has 31 heavy (non-hydrogen) atoms. The van der Waals surface area contributed by atoms with Crippen LogP contribution in [0.4, 0.5) is 33.9 Å². The number of aryl methyl sites for hydroxylation is 1. The largest absolute Gasteiger partial charge is 0.416 e. The number of hydrogen-bond donors (Lipinski definition) is 2. The zero-order valence-electron chi connectivity index (χ0n) is 15.9. The van der Waals surface area contributed by atoms with Crippen LogP contribution in [-0.4, -0.2) is 25.8 Å². The summed E-state index contributed by atoms with van der Waals surface area (Å²) in [4.78, 5) is 19.9. The number of amides is 2. The maximum absolute atomic E-state index is 14.6. The summed E-state index contributed by atoms with van der Waals surface area (Å²) in [6, 6.07) is 4.68. The molecule has 2 amide bonds. The number of rotatable bonds is 3. The van der Waals surface area contributed by atoms with Crippen LogP contribution in [0.5, 0.6) is 0 Å². The van der Waals surface area contributed by atoms with E-state index in [9.17, 15) is 22.4 Å². The molecule has 0 saturated heterocycles. The van der Waals surface area contributed by atoms with Gasteiger partial charge in [0.2, 0.25) is 0 Å². The maximum Gasteiger partial charge on any atom is 0.416 e. The Morgan fingerprint density at radius 3 is 2.61 bits per heavy atom. The normalized spacial score (nSPS) is 11.5. The summed E-state index contributed by atoms with van der Waals surface area (Å²) in [5, 5.41) is 9.36. The molecule has 0 unspecified atom stereocenters. The molecule has 158 valence electrons. The van der Waals surface area contributed by atoms with Gasteiger partial charge in [-0.2, -0.15) is 18.3 Å². The number of nitrogens with one attached hydrogen (secondary N) is 2. The van der Waals surface area contributed by atoms with Crippen molar-refractivity contribution in [3.8, 4) is 11.1 Å². The third-order valence-corrected chi connectivity index (χ3v) is 4.53. The van der Waals surface area contributed by atoms with Crippen LogP contribution in [0.25, 0.3) is 22.0 Å². The number of fused-ring (bicyclic) bond motifs is 1. The highest BCUT2D eigenvalue weighted by atomic mass is 19.4. The Bertz CT molecular complexity index is 1280. The molecule has 4 aromatic rings. The van der Waals surface area contributed by atoms with Gasteiger partial charge in [-0.1, -0.05) is 6.07 Å². The van der Waals surface area contributed by atoms with E-state index in [1.807, 2.05) is 0 Å². The van der Waals surface area contributed by atoms with Crippen LogP contribution >= 0.6 is 0 Å². The summed E-state index contributed by atoms with van der Waals surface area (Å²) in [6.07, 6.45) is 1.21. The van der Waals surface area contributed by atoms with Gasteiger partial charge in [0.05, 0.1) is 29.2 Å². The highest BCUT2D eigenvalue weighted by Crippen LogP contribution is 2.31. The van der Waals surface area contributed by atoms with Crippen LogP contribution in [0, 0.1) is 5.82 Å². The number of carbonyl (C=O) groups excluding carboxylic acids is 1. The molecule has 0 radical (unpaired) electrons. The van der Waals surface area contributed by atoms with E-state index >= 15 is 0 Å². The van der Waals surface area contributed by atoms with E-state index in [0.717, 1.165) is 23.2 Å². The summed E-state index contributed by atoms with van der Waals surface area (Å²) in [7, 11) is 1.76. The van der Waals surface area contributed by atoms with Crippen LogP contribution < -0.4 is 10.6 Å². The van der Waals surface area contributed by atoms with E-state index in [-0.39, 0.29) is 11.5 Å². The van der Waals surface area contributed by atoms with Gasteiger partial charge in [0.1, 0.15) is 11.6 Å². The molecule has 11 heteroatoms. The van der Waals surface area contributed by atoms with Crippen molar-refractivity contribution in [3.63, 3.8) is 0 Å². The van der Waals surface area contributed by atoms with Gasteiger partial charge in [-0.15, -0.1) is 0 Å². The number of carbonyl (C=O) groups is 1. The molecule has 0 spiro atoms. The Kier molecular flexibility index (Phi) is 5.01. The second-order valence-corrected chi connectivity index (χ2v) is 6.59. The third-order valence-electron chi connectivity index (χ3n) is 4.53. The van der Waals surface area contributed by atoms with Gasteiger partial charge in [0, 0.05) is 30.4 Å². The minimum absolute atomic E-state index is 0.153. The topological polar surface area (TPSA) is 84.7 Å². The molecule has 0 saturated carbocycles. The van der Waals surface area contributed by atoms with E-state index in [0.29, 0.717) is 17.2 Å². The van der Waals surface area contributed by atoms with Crippen molar-refractivity contribution in [1.82, 2.24) is 19.7 Å². The monoisotopic (exact) mass is 430 g/mol. The highest BCUT2D eigenvalue weighted by molar-refractivity contribution is 6.00. The number of aromatic nitrogens is 4. The molecule has 3 heterocycles. The van der Waals surface area contributed by atoms with Gasteiger partial charge in [-0.05, 0) is 29.8 Å². The summed E-state index contributed by atoms with van der Waals surface area (Å²) >= 11 is 0. The van der Waals surface area contributed by atoms with Gasteiger partial charge in [0.15, 0.2) is 0 Å². The number of pyridine rings is 2. The van der Waals surface area contributed by atoms with E-state index in [1.165, 1.54) is 12.1 Å². The number of anilines is 2. The van der Waals surface area contributed by atoms with Gasteiger partial charge >= 0.3 is 12.2 Å². The smallest absolute Gasteiger partial charge is 0.305 e. The Labute approximate surface area is 172 Å². The number of benzene rings is 1. The Hall–Kier alpha value is -4.02. The lowest BCUT2D eigenvalue weighted by Crippen LogP contribution is -2.21. The van der Waals surface area contributed by atoms with Gasteiger partial charge in [-0.3, -0.25) is 15.0 Å². The van der Waals surface area contributed by atoms with Crippen molar-refractivity contribution in [2.45, 2.75) is 6.18 Å². The zero-order valence-corrected chi connectivity index (χ0v) is 15.9. The van der Waals surface area contributed by atoms with Crippen molar-refractivity contribution in [3.05, 3.63) is 66.5 Å². The fourth-order valence-electron chi connectivity index (χ4n) is 3.02. The minimum Gasteiger partial charge on any atom is -0.305 e. The molecule has 2 N–H and O–H groups in total. The average molecular weight is 430 g/mol. The Balaban J connectivity index is 1.53. The van der Waals surface area contributed by atoms with Crippen molar-refractivity contribution in [1.29, 1.82) is 0 Å². The third kappa shape index (κ3) is 4.15. The van der Waals surface area contributed by atoms with Crippen molar-refractivity contribution < 1.29 is 22.4 Å². The van der Waals surface area contributed by atoms with Crippen LogP contribution in [0.2, 0.25) is 0 Å². The quantitative estimate of drug-likeness (QED) is 0.456. The molecule has 0 atom stereocenters. The molecule has 0 aliphatic rings. The Morgan fingerprint density at radius 2 is 1.87 bits per heavy atom. The lowest BCUT2D eigenvalue weighted by molar-refractivity contribution is -0.137. The second kappa shape index (κ2) is 7.67. The summed E-state index contributed by atoms with van der Waals surface area (Å²) in [5.74, 6) is -1.05. The summed E-state index contributed by atoms with van der Waals surface area (Å²) in [6.45, 7) is 0. The number of nitrogens with zero attached hydrogens (tertiary/aromatic N) is 4. The summed E-state index contributed by atoms with van der Waals surface area (Å²) < 4.78 is 54.6. The zero-order chi connectivity index (χ0) is 22.2. The van der Waals surface area contributed by atoms with Crippen molar-refractivity contribution in [2.75, 3.05) is 10.6 Å². The maximum atomic E-state index is 14.6. The lowest BCUT2D eigenvalue weighted by Gasteiger charge is -2.11. The molecule has 7 nitrogen and oxygen atoms in total. The molecule has 1 aromatic carbocycles. The van der Waals surface area contributed by atoms with Crippen LogP contribution in [0.3, 0.4) is 0 Å². The van der Waals surface area contributed by atoms with Gasteiger partial charge < -0.3 is 5.32 Å². The number of alkyl halides is 3. The predicted octanol–water partition coefficient (Wildman–Crippen LogP) is 4.83. The molecule has 0 aliphatic heterocycles. The van der Waals surface area contributed by atoms with E-state index in [1.54, 1.807) is 36.4 Å². The SMILES string of the molecule is Cn1ncc2c(-c3ccc(NC(=O)Nc4cc(C(F)(F)F)ccn4)c(F)c3)cncc21. The molecule has 3 aromatic heterocycles. The van der Waals surface area contributed by atoms with Gasteiger partial charge in [0.25, 0.3) is 0 Å². The fraction of sp³-hybridized carbons (Fsp3) is 0.100. The second-order valence-electron chi connectivity index (χ2n) is 6.59. The van der Waals surface area contributed by atoms with Crippen molar-refractivity contribution in [2.24, 2.45) is 7.05 Å². The Morgan fingerprint density at radius 1 is 1.06 bits per heavy atom. The first-order valence-electron chi connectivity index (χ1n) is 8.89. The van der Waals surface area contributed by atoms with Crippen LogP contribution in [-0.2, 0) is 13.2 Å². The highest BCUT2D eigenvalue weighted by Gasteiger charge is 2.30. The average Bonchev–Trinajstić information content (AvgIpc) is 3.10. The molecule has 0 bridgehead atoms. The molecule has 4 rings (SSSR count). The first-order valence-corrected chi connectivity index (χ1v) is 8.89. The van der Waals surface area contributed by atoms with E-state index in [2.05, 4.69) is 25.7 Å². The lowest BCUT2D eigenvalue weighted by atomic mass is 10.0. The first kappa shape index (κ1) is 20.3. The fourth-order valence-corrected chi connectivity index (χ4v) is 3.02. The van der Waals surface area contributed by atoms with E-state index in [4.69, 9.17) is 0 Å².